The molecule has 0 fully saturated rings. The smallest absolute Gasteiger partial charge is 0.180 e. The van der Waals surface area contributed by atoms with Gasteiger partial charge in [0.25, 0.3) is 0 Å². The maximum Gasteiger partial charge on any atom is 0.180 e. The Hall–Kier alpha value is -2.47. The number of rotatable bonds is 4. The highest BCUT2D eigenvalue weighted by Gasteiger charge is 2.10. The first-order valence-corrected chi connectivity index (χ1v) is 6.22. The molecule has 1 aromatic carbocycles. The van der Waals surface area contributed by atoms with Crippen LogP contribution in [0.4, 0.5) is 10.2 Å². The second kappa shape index (κ2) is 5.26. The predicted octanol–water partition coefficient (Wildman–Crippen LogP) is 1.94. The van der Waals surface area contributed by atoms with E-state index >= 15 is 0 Å². The minimum Gasteiger partial charge on any atom is -0.395 e. The van der Waals surface area contributed by atoms with Crippen LogP contribution in [0.2, 0.25) is 0 Å². The van der Waals surface area contributed by atoms with Crippen molar-refractivity contribution in [3.8, 4) is 11.3 Å². The number of aromatic nitrogens is 3. The Morgan fingerprint density at radius 2 is 2.20 bits per heavy atom. The quantitative estimate of drug-likeness (QED) is 0.762. The molecule has 0 saturated carbocycles. The minimum absolute atomic E-state index is 0.0141. The zero-order valence-electron chi connectivity index (χ0n) is 10.6. The molecular formula is C14H13FN4O. The summed E-state index contributed by atoms with van der Waals surface area (Å²) in [7, 11) is 0. The molecule has 0 spiro atoms. The average Bonchev–Trinajstić information content (AvgIpc) is 2.89. The van der Waals surface area contributed by atoms with Gasteiger partial charge in [0.1, 0.15) is 5.82 Å². The highest BCUT2D eigenvalue weighted by molar-refractivity contribution is 5.70. The highest BCUT2D eigenvalue weighted by atomic mass is 19.1. The number of nitrogens with one attached hydrogen (secondary N) is 1. The van der Waals surface area contributed by atoms with Crippen molar-refractivity contribution in [2.75, 3.05) is 18.5 Å². The van der Waals surface area contributed by atoms with Crippen LogP contribution in [0.5, 0.6) is 0 Å². The number of aliphatic hydroxyl groups excluding tert-OH is 1. The molecule has 0 aliphatic rings. The monoisotopic (exact) mass is 272 g/mol. The SMILES string of the molecule is OCCNc1nccn2c(-c3cccc(F)c3)cnc12. The lowest BCUT2D eigenvalue weighted by Gasteiger charge is -2.06. The molecule has 102 valence electrons. The summed E-state index contributed by atoms with van der Waals surface area (Å²) in [4.78, 5) is 8.50. The van der Waals surface area contributed by atoms with Crippen LogP contribution in [0.1, 0.15) is 0 Å². The van der Waals surface area contributed by atoms with Crippen molar-refractivity contribution in [1.29, 1.82) is 0 Å². The number of hydrogen-bond acceptors (Lipinski definition) is 4. The molecule has 6 heteroatoms. The van der Waals surface area contributed by atoms with Gasteiger partial charge in [0.15, 0.2) is 11.5 Å². The molecule has 2 N–H and O–H groups in total. The third-order valence-electron chi connectivity index (χ3n) is 2.95. The fraction of sp³-hybridized carbons (Fsp3) is 0.143. The van der Waals surface area contributed by atoms with Crippen molar-refractivity contribution in [3.05, 3.63) is 48.7 Å². The summed E-state index contributed by atoms with van der Waals surface area (Å²) in [6.45, 7) is 0.412. The lowest BCUT2D eigenvalue weighted by molar-refractivity contribution is 0.311. The van der Waals surface area contributed by atoms with E-state index in [4.69, 9.17) is 5.11 Å². The largest absolute Gasteiger partial charge is 0.395 e. The Labute approximate surface area is 114 Å². The van der Waals surface area contributed by atoms with Crippen molar-refractivity contribution in [2.24, 2.45) is 0 Å². The first kappa shape index (κ1) is 12.6. The van der Waals surface area contributed by atoms with Gasteiger partial charge in [-0.2, -0.15) is 0 Å². The minimum atomic E-state index is -0.287. The summed E-state index contributed by atoms with van der Waals surface area (Å²) in [5, 5.41) is 11.8. The fourth-order valence-corrected chi connectivity index (χ4v) is 2.08. The highest BCUT2D eigenvalue weighted by Crippen LogP contribution is 2.23. The summed E-state index contributed by atoms with van der Waals surface area (Å²) >= 11 is 0. The van der Waals surface area contributed by atoms with Crippen LogP contribution in [-0.4, -0.2) is 32.6 Å². The van der Waals surface area contributed by atoms with Gasteiger partial charge in [-0.1, -0.05) is 12.1 Å². The van der Waals surface area contributed by atoms with Gasteiger partial charge in [-0.25, -0.2) is 14.4 Å². The van der Waals surface area contributed by atoms with E-state index in [9.17, 15) is 4.39 Å². The number of benzene rings is 1. The maximum atomic E-state index is 13.3. The van der Waals surface area contributed by atoms with E-state index in [1.165, 1.54) is 12.1 Å². The summed E-state index contributed by atoms with van der Waals surface area (Å²) in [5.41, 5.74) is 2.17. The standard InChI is InChI=1S/C14H13FN4O/c15-11-3-1-2-10(8-11)12-9-18-14-13(17-5-7-20)16-4-6-19(12)14/h1-4,6,8-9,20H,5,7H2,(H,16,17). The van der Waals surface area contributed by atoms with Crippen molar-refractivity contribution < 1.29 is 9.50 Å². The van der Waals surface area contributed by atoms with E-state index in [2.05, 4.69) is 15.3 Å². The van der Waals surface area contributed by atoms with Gasteiger partial charge in [0, 0.05) is 24.5 Å². The van der Waals surface area contributed by atoms with Gasteiger partial charge in [-0.3, -0.25) is 4.40 Å². The number of imidazole rings is 1. The molecule has 0 saturated heterocycles. The number of anilines is 1. The number of hydrogen-bond donors (Lipinski definition) is 2. The number of halogens is 1. The molecule has 3 rings (SSSR count). The Morgan fingerprint density at radius 1 is 1.30 bits per heavy atom. The molecular weight excluding hydrogens is 259 g/mol. The van der Waals surface area contributed by atoms with Crippen LogP contribution in [0.25, 0.3) is 16.9 Å². The van der Waals surface area contributed by atoms with Crippen LogP contribution in [0.15, 0.2) is 42.9 Å². The molecule has 0 amide bonds. The van der Waals surface area contributed by atoms with Crippen LogP contribution < -0.4 is 5.32 Å². The summed E-state index contributed by atoms with van der Waals surface area (Å²) in [5.74, 6) is 0.300. The number of fused-ring (bicyclic) bond motifs is 1. The number of nitrogens with zero attached hydrogens (tertiary/aromatic N) is 3. The lowest BCUT2D eigenvalue weighted by atomic mass is 10.1. The van der Waals surface area contributed by atoms with Crippen LogP contribution in [0.3, 0.4) is 0 Å². The van der Waals surface area contributed by atoms with Crippen LogP contribution in [0, 0.1) is 5.82 Å². The molecule has 2 aromatic heterocycles. The summed E-state index contributed by atoms with van der Waals surface area (Å²) in [6.07, 6.45) is 5.08. The van der Waals surface area contributed by atoms with Gasteiger partial charge >= 0.3 is 0 Å². The van der Waals surface area contributed by atoms with Gasteiger partial charge < -0.3 is 10.4 Å². The third-order valence-corrected chi connectivity index (χ3v) is 2.95. The zero-order chi connectivity index (χ0) is 13.9. The molecule has 0 radical (unpaired) electrons. The first-order valence-electron chi connectivity index (χ1n) is 6.22. The molecule has 5 nitrogen and oxygen atoms in total. The summed E-state index contributed by atoms with van der Waals surface area (Å²) in [6, 6.07) is 6.36. The second-order valence-corrected chi connectivity index (χ2v) is 4.27. The Morgan fingerprint density at radius 3 is 3.00 bits per heavy atom. The van der Waals surface area contributed by atoms with Gasteiger partial charge in [0.05, 0.1) is 18.5 Å². The second-order valence-electron chi connectivity index (χ2n) is 4.27. The van der Waals surface area contributed by atoms with Crippen LogP contribution >= 0.6 is 0 Å². The molecule has 0 aliphatic carbocycles. The summed E-state index contributed by atoms with van der Waals surface area (Å²) < 4.78 is 15.2. The van der Waals surface area contributed by atoms with E-state index in [1.54, 1.807) is 24.7 Å². The third kappa shape index (κ3) is 2.21. The van der Waals surface area contributed by atoms with Crippen molar-refractivity contribution in [1.82, 2.24) is 14.4 Å². The molecule has 0 unspecified atom stereocenters. The fourth-order valence-electron chi connectivity index (χ4n) is 2.08. The van der Waals surface area contributed by atoms with Crippen molar-refractivity contribution in [2.45, 2.75) is 0 Å². The topological polar surface area (TPSA) is 62.5 Å². The van der Waals surface area contributed by atoms with E-state index in [0.717, 1.165) is 11.3 Å². The van der Waals surface area contributed by atoms with Crippen molar-refractivity contribution >= 4 is 11.5 Å². The Bertz CT molecular complexity index is 741. The lowest BCUT2D eigenvalue weighted by Crippen LogP contribution is -2.08. The Kier molecular flexibility index (Phi) is 3.30. The molecule has 0 atom stereocenters. The van der Waals surface area contributed by atoms with Crippen LogP contribution in [-0.2, 0) is 0 Å². The normalized spacial score (nSPS) is 10.9. The van der Waals surface area contributed by atoms with E-state index < -0.39 is 0 Å². The molecule has 2 heterocycles. The van der Waals surface area contributed by atoms with E-state index in [0.29, 0.717) is 18.0 Å². The molecule has 0 bridgehead atoms. The van der Waals surface area contributed by atoms with E-state index in [-0.39, 0.29) is 12.4 Å². The molecule has 0 aliphatic heterocycles. The van der Waals surface area contributed by atoms with Gasteiger partial charge in [-0.05, 0) is 12.1 Å². The molecule has 3 aromatic rings. The Balaban J connectivity index is 2.10. The van der Waals surface area contributed by atoms with Crippen molar-refractivity contribution in [3.63, 3.8) is 0 Å². The maximum absolute atomic E-state index is 13.3. The van der Waals surface area contributed by atoms with Gasteiger partial charge in [0.2, 0.25) is 0 Å². The average molecular weight is 272 g/mol. The van der Waals surface area contributed by atoms with E-state index in [1.807, 2.05) is 10.5 Å². The van der Waals surface area contributed by atoms with Gasteiger partial charge in [-0.15, -0.1) is 0 Å². The first-order chi connectivity index (χ1) is 9.79. The number of aliphatic hydroxyl groups is 1. The molecule has 20 heavy (non-hydrogen) atoms. The zero-order valence-corrected chi connectivity index (χ0v) is 10.6. The predicted molar refractivity (Wildman–Crippen MR) is 74.0 cm³/mol.